The first-order chi connectivity index (χ1) is 18.9. The number of carbonyl (C=O) groups is 2. The molecule has 0 radical (unpaired) electrons. The standard InChI is InChI=1S/C29H26ClN5O5/c1-17(34-12-11-19(13-26(34)37)23-14-21(30)8-5-20(23)16-31)27(38)32-22-9-6-18(7-10-22)24-15-25(36)33-35(24)28(39)40-29(2,3)4/h5-15,17H,1-4H3,(H,32,38)(H,33,36). The maximum Gasteiger partial charge on any atom is 0.434 e. The van der Waals surface area contributed by atoms with Crippen LogP contribution in [-0.4, -0.2) is 31.9 Å². The van der Waals surface area contributed by atoms with Crippen LogP contribution in [0.2, 0.25) is 5.02 Å². The number of aromatic nitrogens is 3. The van der Waals surface area contributed by atoms with E-state index in [4.69, 9.17) is 16.3 Å². The Morgan fingerprint density at radius 2 is 1.73 bits per heavy atom. The predicted octanol–water partition coefficient (Wildman–Crippen LogP) is 5.18. The highest BCUT2D eigenvalue weighted by Crippen LogP contribution is 2.26. The molecule has 2 N–H and O–H groups in total. The third-order valence-corrected chi connectivity index (χ3v) is 6.15. The number of benzene rings is 2. The van der Waals surface area contributed by atoms with Gasteiger partial charge in [-0.3, -0.25) is 19.5 Å². The molecule has 204 valence electrons. The van der Waals surface area contributed by atoms with Gasteiger partial charge in [0.05, 0.1) is 17.3 Å². The summed E-state index contributed by atoms with van der Waals surface area (Å²) in [5.74, 6) is -0.435. The summed E-state index contributed by atoms with van der Waals surface area (Å²) in [5, 5.41) is 15.0. The number of halogens is 1. The van der Waals surface area contributed by atoms with Crippen LogP contribution in [0.1, 0.15) is 39.3 Å². The molecule has 11 heteroatoms. The molecule has 0 aliphatic carbocycles. The van der Waals surface area contributed by atoms with Gasteiger partial charge in [0.15, 0.2) is 0 Å². The summed E-state index contributed by atoms with van der Waals surface area (Å²) < 4.78 is 7.66. The van der Waals surface area contributed by atoms with Crippen LogP contribution in [0.3, 0.4) is 0 Å². The van der Waals surface area contributed by atoms with Crippen molar-refractivity contribution < 1.29 is 14.3 Å². The van der Waals surface area contributed by atoms with Crippen molar-refractivity contribution in [1.82, 2.24) is 14.3 Å². The van der Waals surface area contributed by atoms with Crippen LogP contribution in [0, 0.1) is 11.3 Å². The van der Waals surface area contributed by atoms with Gasteiger partial charge in [0.1, 0.15) is 11.6 Å². The van der Waals surface area contributed by atoms with E-state index in [1.165, 1.54) is 22.9 Å². The number of hydrogen-bond donors (Lipinski definition) is 2. The van der Waals surface area contributed by atoms with Crippen molar-refractivity contribution >= 4 is 29.3 Å². The van der Waals surface area contributed by atoms with E-state index >= 15 is 0 Å². The average Bonchev–Trinajstić information content (AvgIpc) is 3.29. The molecule has 2 heterocycles. The SMILES string of the molecule is CC(C(=O)Nc1ccc(-c2cc(=O)[nH]n2C(=O)OC(C)(C)C)cc1)n1ccc(-c2cc(Cl)ccc2C#N)cc1=O. The highest BCUT2D eigenvalue weighted by atomic mass is 35.5. The molecule has 2 aromatic heterocycles. The van der Waals surface area contributed by atoms with Crippen molar-refractivity contribution in [3.63, 3.8) is 0 Å². The minimum Gasteiger partial charge on any atom is -0.442 e. The van der Waals surface area contributed by atoms with Crippen LogP contribution >= 0.6 is 11.6 Å². The molecule has 1 amide bonds. The lowest BCUT2D eigenvalue weighted by molar-refractivity contribution is -0.118. The molecule has 1 unspecified atom stereocenters. The number of anilines is 1. The third kappa shape index (κ3) is 6.22. The van der Waals surface area contributed by atoms with Gasteiger partial charge in [0, 0.05) is 40.2 Å². The van der Waals surface area contributed by atoms with Gasteiger partial charge in [-0.2, -0.15) is 9.94 Å². The molecule has 4 aromatic rings. The summed E-state index contributed by atoms with van der Waals surface area (Å²) in [6.07, 6.45) is 0.765. The Kier molecular flexibility index (Phi) is 7.79. The summed E-state index contributed by atoms with van der Waals surface area (Å²) in [7, 11) is 0. The van der Waals surface area contributed by atoms with Gasteiger partial charge in [-0.25, -0.2) is 4.79 Å². The minimum atomic E-state index is -0.849. The maximum absolute atomic E-state index is 13.0. The van der Waals surface area contributed by atoms with Crippen LogP contribution in [0.25, 0.3) is 22.4 Å². The Hall–Kier alpha value is -4.88. The van der Waals surface area contributed by atoms with Crippen molar-refractivity contribution in [3.05, 3.63) is 98.2 Å². The lowest BCUT2D eigenvalue weighted by Gasteiger charge is -2.20. The highest BCUT2D eigenvalue weighted by molar-refractivity contribution is 6.30. The summed E-state index contributed by atoms with van der Waals surface area (Å²) >= 11 is 6.07. The molecule has 1 atom stereocenters. The number of ether oxygens (including phenoxy) is 1. The Morgan fingerprint density at radius 3 is 2.35 bits per heavy atom. The fraction of sp³-hybridized carbons (Fsp3) is 0.207. The van der Waals surface area contributed by atoms with Crippen LogP contribution in [0.5, 0.6) is 0 Å². The van der Waals surface area contributed by atoms with Gasteiger partial charge in [0.25, 0.3) is 11.1 Å². The largest absolute Gasteiger partial charge is 0.442 e. The highest BCUT2D eigenvalue weighted by Gasteiger charge is 2.22. The Labute approximate surface area is 234 Å². The second-order valence-corrected chi connectivity index (χ2v) is 10.5. The molecule has 2 aromatic carbocycles. The summed E-state index contributed by atoms with van der Waals surface area (Å²) in [5.41, 5.74) is 1.06. The van der Waals surface area contributed by atoms with Crippen LogP contribution in [0.4, 0.5) is 10.5 Å². The number of hydrogen-bond acceptors (Lipinski definition) is 6. The smallest absolute Gasteiger partial charge is 0.434 e. The van der Waals surface area contributed by atoms with Crippen molar-refractivity contribution in [2.75, 3.05) is 5.32 Å². The number of rotatable bonds is 5. The van der Waals surface area contributed by atoms with Crippen LogP contribution < -0.4 is 16.4 Å². The fourth-order valence-corrected chi connectivity index (χ4v) is 4.15. The number of nitrogens with zero attached hydrogens (tertiary/aromatic N) is 3. The Bertz CT molecular complexity index is 1750. The number of carbonyl (C=O) groups excluding carboxylic acids is 2. The zero-order valence-electron chi connectivity index (χ0n) is 22.2. The van der Waals surface area contributed by atoms with E-state index in [1.54, 1.807) is 76.2 Å². The van der Waals surface area contributed by atoms with Gasteiger partial charge in [-0.15, -0.1) is 0 Å². The number of H-pyrrole nitrogens is 1. The first-order valence-electron chi connectivity index (χ1n) is 12.3. The second-order valence-electron chi connectivity index (χ2n) is 10.0. The van der Waals surface area contributed by atoms with E-state index < -0.39 is 34.8 Å². The maximum atomic E-state index is 13.0. The molecule has 0 saturated carbocycles. The lowest BCUT2D eigenvalue weighted by Crippen LogP contribution is -2.31. The molecule has 0 aliphatic heterocycles. The van der Waals surface area contributed by atoms with Crippen molar-refractivity contribution in [1.29, 1.82) is 5.26 Å². The van der Waals surface area contributed by atoms with Gasteiger partial charge >= 0.3 is 6.09 Å². The Morgan fingerprint density at radius 1 is 1.02 bits per heavy atom. The van der Waals surface area contributed by atoms with Crippen molar-refractivity contribution in [2.45, 2.75) is 39.3 Å². The number of nitriles is 1. The number of pyridine rings is 1. The van der Waals surface area contributed by atoms with Gasteiger partial charge in [-0.05, 0) is 69.7 Å². The lowest BCUT2D eigenvalue weighted by atomic mass is 10.0. The van der Waals surface area contributed by atoms with Crippen molar-refractivity contribution in [3.8, 4) is 28.5 Å². The zero-order chi connectivity index (χ0) is 29.2. The van der Waals surface area contributed by atoms with Crippen molar-refractivity contribution in [2.24, 2.45) is 0 Å². The molecular weight excluding hydrogens is 534 g/mol. The quantitative estimate of drug-likeness (QED) is 0.345. The van der Waals surface area contributed by atoms with Crippen LogP contribution in [-0.2, 0) is 9.53 Å². The summed E-state index contributed by atoms with van der Waals surface area (Å²) in [6, 6.07) is 16.8. The van der Waals surface area contributed by atoms with E-state index in [2.05, 4.69) is 16.5 Å². The Balaban J connectivity index is 1.51. The van der Waals surface area contributed by atoms with Crippen LogP contribution in [0.15, 0.2) is 76.4 Å². The van der Waals surface area contributed by atoms with E-state index in [9.17, 15) is 24.4 Å². The number of amides is 1. The topological polar surface area (TPSA) is 139 Å². The summed E-state index contributed by atoms with van der Waals surface area (Å²) in [4.78, 5) is 50.3. The molecule has 0 aliphatic rings. The molecule has 0 bridgehead atoms. The number of nitrogens with one attached hydrogen (secondary N) is 2. The third-order valence-electron chi connectivity index (χ3n) is 5.91. The molecule has 0 spiro atoms. The monoisotopic (exact) mass is 559 g/mol. The first-order valence-corrected chi connectivity index (χ1v) is 12.6. The molecule has 10 nitrogen and oxygen atoms in total. The predicted molar refractivity (Wildman–Crippen MR) is 151 cm³/mol. The zero-order valence-corrected chi connectivity index (χ0v) is 22.9. The normalized spacial score (nSPS) is 11.9. The first kappa shape index (κ1) is 28.1. The van der Waals surface area contributed by atoms with Gasteiger partial charge in [0.2, 0.25) is 5.91 Å². The number of aromatic amines is 1. The molecule has 0 saturated heterocycles. The molecule has 4 rings (SSSR count). The van der Waals surface area contributed by atoms with E-state index in [0.29, 0.717) is 38.7 Å². The molecule has 0 fully saturated rings. The molecular formula is C29H26ClN5O5. The van der Waals surface area contributed by atoms with E-state index in [0.717, 1.165) is 4.68 Å². The fourth-order valence-electron chi connectivity index (χ4n) is 3.98. The van der Waals surface area contributed by atoms with E-state index in [-0.39, 0.29) is 0 Å². The average molecular weight is 560 g/mol. The summed E-state index contributed by atoms with van der Waals surface area (Å²) in [6.45, 7) is 6.75. The van der Waals surface area contributed by atoms with Gasteiger partial charge in [-0.1, -0.05) is 23.7 Å². The second kappa shape index (κ2) is 11.1. The minimum absolute atomic E-state index is 0.302. The van der Waals surface area contributed by atoms with E-state index in [1.807, 2.05) is 0 Å². The van der Waals surface area contributed by atoms with Gasteiger partial charge < -0.3 is 14.6 Å². The molecule has 40 heavy (non-hydrogen) atoms.